The minimum atomic E-state index is 0.0372. The Balaban J connectivity index is 4.07. The Morgan fingerprint density at radius 2 is 1.88 bits per heavy atom. The van der Waals surface area contributed by atoms with Gasteiger partial charge < -0.3 is 4.74 Å². The van der Waals surface area contributed by atoms with Crippen molar-refractivity contribution in [1.29, 1.82) is 0 Å². The molecule has 0 aromatic carbocycles. The number of hydrogen-bond acceptors (Lipinski definition) is 3. The number of ketones is 1. The van der Waals surface area contributed by atoms with Gasteiger partial charge in [0, 0.05) is 19.6 Å². The molecule has 0 saturated carbocycles. The van der Waals surface area contributed by atoms with E-state index in [2.05, 4.69) is 25.7 Å². The van der Waals surface area contributed by atoms with Gasteiger partial charge in [0.05, 0.1) is 12.6 Å². The first-order chi connectivity index (χ1) is 7.54. The van der Waals surface area contributed by atoms with Gasteiger partial charge >= 0.3 is 0 Å². The van der Waals surface area contributed by atoms with Crippen LogP contribution in [0.4, 0.5) is 0 Å². The highest BCUT2D eigenvalue weighted by atomic mass is 16.5. The summed E-state index contributed by atoms with van der Waals surface area (Å²) in [4.78, 5) is 13.9. The van der Waals surface area contributed by atoms with Gasteiger partial charge in [0.1, 0.15) is 5.78 Å². The van der Waals surface area contributed by atoms with Crippen LogP contribution in [0.15, 0.2) is 0 Å². The molecule has 0 amide bonds. The van der Waals surface area contributed by atoms with Crippen LogP contribution in [-0.2, 0) is 9.53 Å². The Kier molecular flexibility index (Phi) is 8.49. The van der Waals surface area contributed by atoms with Gasteiger partial charge in [-0.15, -0.1) is 0 Å². The third-order valence-electron chi connectivity index (χ3n) is 2.72. The van der Waals surface area contributed by atoms with Crippen LogP contribution in [0.5, 0.6) is 0 Å². The molecule has 16 heavy (non-hydrogen) atoms. The average molecular weight is 229 g/mol. The number of ether oxygens (including phenoxy) is 1. The second-order valence-electron chi connectivity index (χ2n) is 4.60. The molecule has 0 aromatic heterocycles. The molecule has 0 bridgehead atoms. The van der Waals surface area contributed by atoms with Gasteiger partial charge in [-0.2, -0.15) is 0 Å². The number of hydrogen-bond donors (Lipinski definition) is 0. The van der Waals surface area contributed by atoms with Crippen molar-refractivity contribution in [2.75, 3.05) is 26.8 Å². The van der Waals surface area contributed by atoms with Crippen molar-refractivity contribution in [3.8, 4) is 0 Å². The number of carbonyl (C=O) groups excluding carboxylic acids is 1. The van der Waals surface area contributed by atoms with Gasteiger partial charge in [0.2, 0.25) is 0 Å². The molecule has 0 aliphatic rings. The number of Topliss-reactive ketones (excluding diaryl/α,β-unsaturated/α-hetero) is 1. The molecule has 0 radical (unpaired) electrons. The summed E-state index contributed by atoms with van der Waals surface area (Å²) in [6.45, 7) is 10.6. The summed E-state index contributed by atoms with van der Waals surface area (Å²) < 4.78 is 5.44. The maximum absolute atomic E-state index is 11.8. The highest BCUT2D eigenvalue weighted by Crippen LogP contribution is 2.11. The second kappa shape index (κ2) is 8.71. The van der Waals surface area contributed by atoms with E-state index in [4.69, 9.17) is 4.74 Å². The Morgan fingerprint density at radius 1 is 1.25 bits per heavy atom. The molecule has 0 aliphatic heterocycles. The van der Waals surface area contributed by atoms with Crippen molar-refractivity contribution >= 4 is 5.78 Å². The van der Waals surface area contributed by atoms with Crippen LogP contribution in [0.3, 0.4) is 0 Å². The fraction of sp³-hybridized carbons (Fsp3) is 0.923. The van der Waals surface area contributed by atoms with E-state index >= 15 is 0 Å². The Labute approximate surface area is 100 Å². The molecule has 0 N–H and O–H groups in total. The van der Waals surface area contributed by atoms with Crippen molar-refractivity contribution in [3.05, 3.63) is 0 Å². The van der Waals surface area contributed by atoms with E-state index in [0.717, 1.165) is 19.6 Å². The summed E-state index contributed by atoms with van der Waals surface area (Å²) >= 11 is 0. The van der Waals surface area contributed by atoms with Crippen LogP contribution in [-0.4, -0.2) is 43.5 Å². The molecule has 0 heterocycles. The summed E-state index contributed by atoms with van der Waals surface area (Å²) in [6, 6.07) is 0.0372. The zero-order valence-corrected chi connectivity index (χ0v) is 11.5. The van der Waals surface area contributed by atoms with E-state index in [-0.39, 0.29) is 6.04 Å². The van der Waals surface area contributed by atoms with Crippen molar-refractivity contribution in [2.24, 2.45) is 5.92 Å². The van der Waals surface area contributed by atoms with Crippen LogP contribution < -0.4 is 0 Å². The molecule has 1 atom stereocenters. The smallest absolute Gasteiger partial charge is 0.149 e. The lowest BCUT2D eigenvalue weighted by Crippen LogP contribution is -2.43. The van der Waals surface area contributed by atoms with Gasteiger partial charge in [-0.1, -0.05) is 27.7 Å². The van der Waals surface area contributed by atoms with Crippen LogP contribution in [0.1, 0.15) is 40.5 Å². The molecule has 0 spiro atoms. The molecule has 0 fully saturated rings. The largest absolute Gasteiger partial charge is 0.380 e. The minimum Gasteiger partial charge on any atom is -0.380 e. The quantitative estimate of drug-likeness (QED) is 0.568. The predicted octanol–water partition coefficient (Wildman–Crippen LogP) is 2.35. The molecule has 3 nitrogen and oxygen atoms in total. The lowest BCUT2D eigenvalue weighted by atomic mass is 9.97. The zero-order valence-electron chi connectivity index (χ0n) is 11.5. The van der Waals surface area contributed by atoms with E-state index in [1.807, 2.05) is 14.0 Å². The van der Waals surface area contributed by atoms with Gasteiger partial charge in [0.25, 0.3) is 0 Å². The van der Waals surface area contributed by atoms with Gasteiger partial charge in [0.15, 0.2) is 0 Å². The molecular weight excluding hydrogens is 202 g/mol. The standard InChI is InChI=1S/C13H27NO2/c1-6-9-16-10-8-14(5)13(11(3)4)12(15)7-2/h11,13H,6-10H2,1-5H3/t13-/m0/s1. The second-order valence-corrected chi connectivity index (χ2v) is 4.60. The first kappa shape index (κ1) is 15.6. The third kappa shape index (κ3) is 5.61. The molecular formula is C13H27NO2. The van der Waals surface area contributed by atoms with Crippen LogP contribution in [0.25, 0.3) is 0 Å². The first-order valence-corrected chi connectivity index (χ1v) is 6.35. The zero-order chi connectivity index (χ0) is 12.6. The Bertz CT molecular complexity index is 192. The van der Waals surface area contributed by atoms with Crippen molar-refractivity contribution < 1.29 is 9.53 Å². The minimum absolute atomic E-state index is 0.0372. The van der Waals surface area contributed by atoms with Gasteiger partial charge in [-0.3, -0.25) is 9.69 Å². The number of nitrogens with zero attached hydrogens (tertiary/aromatic N) is 1. The molecule has 0 aliphatic carbocycles. The topological polar surface area (TPSA) is 29.5 Å². The Morgan fingerprint density at radius 3 is 2.31 bits per heavy atom. The van der Waals surface area contributed by atoms with Gasteiger partial charge in [-0.05, 0) is 19.4 Å². The first-order valence-electron chi connectivity index (χ1n) is 6.35. The van der Waals surface area contributed by atoms with E-state index in [1.165, 1.54) is 0 Å². The summed E-state index contributed by atoms with van der Waals surface area (Å²) in [5, 5.41) is 0. The molecule has 0 unspecified atom stereocenters. The fourth-order valence-electron chi connectivity index (χ4n) is 1.93. The van der Waals surface area contributed by atoms with E-state index in [9.17, 15) is 4.79 Å². The van der Waals surface area contributed by atoms with E-state index in [1.54, 1.807) is 0 Å². The summed E-state index contributed by atoms with van der Waals surface area (Å²) in [5.74, 6) is 0.691. The fourth-order valence-corrected chi connectivity index (χ4v) is 1.93. The normalized spacial score (nSPS) is 13.4. The van der Waals surface area contributed by atoms with Crippen molar-refractivity contribution in [3.63, 3.8) is 0 Å². The molecule has 0 rings (SSSR count). The van der Waals surface area contributed by atoms with Crippen molar-refractivity contribution in [1.82, 2.24) is 4.90 Å². The molecule has 96 valence electrons. The van der Waals surface area contributed by atoms with Crippen molar-refractivity contribution in [2.45, 2.75) is 46.6 Å². The highest BCUT2D eigenvalue weighted by molar-refractivity contribution is 5.83. The monoisotopic (exact) mass is 229 g/mol. The number of carbonyl (C=O) groups is 1. The number of likely N-dealkylation sites (N-methyl/N-ethyl adjacent to an activating group) is 1. The third-order valence-corrected chi connectivity index (χ3v) is 2.72. The van der Waals surface area contributed by atoms with E-state index in [0.29, 0.717) is 24.7 Å². The Hall–Kier alpha value is -0.410. The summed E-state index contributed by atoms with van der Waals surface area (Å²) in [5.41, 5.74) is 0. The lowest BCUT2D eigenvalue weighted by Gasteiger charge is -2.29. The van der Waals surface area contributed by atoms with Gasteiger partial charge in [-0.25, -0.2) is 0 Å². The van der Waals surface area contributed by atoms with Crippen LogP contribution >= 0.6 is 0 Å². The summed E-state index contributed by atoms with van der Waals surface area (Å²) in [7, 11) is 2.01. The molecule has 3 heteroatoms. The maximum Gasteiger partial charge on any atom is 0.149 e. The highest BCUT2D eigenvalue weighted by Gasteiger charge is 2.24. The predicted molar refractivity (Wildman–Crippen MR) is 67.7 cm³/mol. The molecule has 0 aromatic rings. The maximum atomic E-state index is 11.8. The lowest BCUT2D eigenvalue weighted by molar-refractivity contribution is -0.125. The van der Waals surface area contributed by atoms with Crippen LogP contribution in [0.2, 0.25) is 0 Å². The SMILES string of the molecule is CCCOCCN(C)[C@H](C(=O)CC)C(C)C. The average Bonchev–Trinajstić information content (AvgIpc) is 2.23. The van der Waals surface area contributed by atoms with Crippen LogP contribution in [0, 0.1) is 5.92 Å². The summed E-state index contributed by atoms with van der Waals surface area (Å²) in [6.07, 6.45) is 1.66. The van der Waals surface area contributed by atoms with E-state index < -0.39 is 0 Å². The number of rotatable bonds is 9. The molecule has 0 saturated heterocycles.